The van der Waals surface area contributed by atoms with E-state index in [2.05, 4.69) is 25.3 Å². The van der Waals surface area contributed by atoms with E-state index in [0.29, 0.717) is 56.5 Å². The van der Waals surface area contributed by atoms with Gasteiger partial charge >= 0.3 is 6.18 Å². The number of aliphatic imine (C=N–C) groups is 1. The highest BCUT2D eigenvalue weighted by Gasteiger charge is 2.31. The minimum Gasteiger partial charge on any atom is -0.368 e. The second kappa shape index (κ2) is 10.8. The maximum atomic E-state index is 12.9. The van der Waals surface area contributed by atoms with Gasteiger partial charge in [0.1, 0.15) is 0 Å². The van der Waals surface area contributed by atoms with Crippen molar-refractivity contribution in [1.82, 2.24) is 20.4 Å². The first-order valence-corrected chi connectivity index (χ1v) is 9.54. The van der Waals surface area contributed by atoms with Gasteiger partial charge in [0.25, 0.3) is 0 Å². The van der Waals surface area contributed by atoms with Crippen molar-refractivity contribution in [2.45, 2.75) is 25.9 Å². The number of aryl methyl sites for hydroxylation is 2. The van der Waals surface area contributed by atoms with Crippen molar-refractivity contribution < 1.29 is 17.7 Å². The van der Waals surface area contributed by atoms with Crippen LogP contribution in [0.25, 0.3) is 0 Å². The highest BCUT2D eigenvalue weighted by Crippen LogP contribution is 2.31. The Kier molecular flexibility index (Phi) is 8.74. The number of guanidine groups is 1. The molecule has 0 aliphatic carbocycles. The molecule has 1 aliphatic heterocycles. The number of alkyl halides is 3. The van der Waals surface area contributed by atoms with Crippen LogP contribution >= 0.6 is 24.0 Å². The molecule has 1 saturated heterocycles. The molecule has 0 saturated carbocycles. The van der Waals surface area contributed by atoms with Gasteiger partial charge in [-0.05, 0) is 31.5 Å². The van der Waals surface area contributed by atoms with Crippen LogP contribution in [0.15, 0.2) is 33.8 Å². The van der Waals surface area contributed by atoms with E-state index in [9.17, 15) is 13.2 Å². The average molecular weight is 538 g/mol. The lowest BCUT2D eigenvalue weighted by molar-refractivity contribution is -0.137. The van der Waals surface area contributed by atoms with Crippen molar-refractivity contribution in [2.24, 2.45) is 4.99 Å². The summed E-state index contributed by atoms with van der Waals surface area (Å²) in [5.74, 6) is 2.03. The molecule has 1 fully saturated rings. The molecule has 7 nitrogen and oxygen atoms in total. The number of piperazine rings is 1. The first-order valence-electron chi connectivity index (χ1n) is 9.54. The Hall–Kier alpha value is -2.05. The van der Waals surface area contributed by atoms with Crippen molar-refractivity contribution in [2.75, 3.05) is 44.7 Å². The molecule has 1 aromatic heterocycles. The zero-order valence-corrected chi connectivity index (χ0v) is 19.3. The predicted molar refractivity (Wildman–Crippen MR) is 119 cm³/mol. The van der Waals surface area contributed by atoms with E-state index in [0.717, 1.165) is 18.4 Å². The van der Waals surface area contributed by atoms with Gasteiger partial charge in [-0.3, -0.25) is 4.99 Å². The number of benzene rings is 1. The summed E-state index contributed by atoms with van der Waals surface area (Å²) in [6.45, 7) is 5.11. The molecule has 0 bridgehead atoms. The number of aromatic nitrogens is 2. The van der Waals surface area contributed by atoms with E-state index < -0.39 is 11.7 Å². The minimum absolute atomic E-state index is 0. The summed E-state index contributed by atoms with van der Waals surface area (Å²) < 4.78 is 43.9. The molecular formula is C19H26F3IN6O. The van der Waals surface area contributed by atoms with E-state index in [1.165, 1.54) is 12.1 Å². The Morgan fingerprint density at radius 2 is 1.97 bits per heavy atom. The van der Waals surface area contributed by atoms with Gasteiger partial charge < -0.3 is 19.6 Å². The van der Waals surface area contributed by atoms with Crippen LogP contribution < -0.4 is 10.2 Å². The van der Waals surface area contributed by atoms with Crippen LogP contribution in [0.3, 0.4) is 0 Å². The normalized spacial score (nSPS) is 15.2. The average Bonchev–Trinajstić information content (AvgIpc) is 3.13. The summed E-state index contributed by atoms with van der Waals surface area (Å²) in [6.07, 6.45) is -2.82. The lowest BCUT2D eigenvalue weighted by Crippen LogP contribution is -2.52. The Labute approximate surface area is 190 Å². The molecular weight excluding hydrogens is 512 g/mol. The number of anilines is 1. The number of hydrogen-bond donors (Lipinski definition) is 1. The van der Waals surface area contributed by atoms with E-state index in [-0.39, 0.29) is 24.0 Å². The third-order valence-corrected chi connectivity index (χ3v) is 4.75. The highest BCUT2D eigenvalue weighted by molar-refractivity contribution is 14.0. The quantitative estimate of drug-likeness (QED) is 0.273. The summed E-state index contributed by atoms with van der Waals surface area (Å²) in [4.78, 5) is 12.6. The molecule has 3 rings (SSSR count). The first-order chi connectivity index (χ1) is 13.9. The van der Waals surface area contributed by atoms with Crippen LogP contribution in [0.1, 0.15) is 23.7 Å². The van der Waals surface area contributed by atoms with Crippen LogP contribution in [0.5, 0.6) is 0 Å². The smallest absolute Gasteiger partial charge is 0.368 e. The number of hydrogen-bond acceptors (Lipinski definition) is 5. The number of nitrogens with zero attached hydrogens (tertiary/aromatic N) is 5. The van der Waals surface area contributed by atoms with E-state index in [1.54, 1.807) is 20.0 Å². The van der Waals surface area contributed by atoms with Gasteiger partial charge in [-0.25, -0.2) is 0 Å². The zero-order chi connectivity index (χ0) is 20.9. The zero-order valence-electron chi connectivity index (χ0n) is 16.9. The van der Waals surface area contributed by atoms with Gasteiger partial charge in [0, 0.05) is 51.9 Å². The van der Waals surface area contributed by atoms with Crippen LogP contribution in [0, 0.1) is 6.92 Å². The summed E-state index contributed by atoms with van der Waals surface area (Å²) in [5.41, 5.74) is -0.0244. The van der Waals surface area contributed by atoms with Gasteiger partial charge in [0.05, 0.1) is 5.56 Å². The third-order valence-electron chi connectivity index (χ3n) is 4.75. The van der Waals surface area contributed by atoms with Gasteiger partial charge in [0.2, 0.25) is 5.89 Å². The van der Waals surface area contributed by atoms with Gasteiger partial charge in [-0.2, -0.15) is 18.2 Å². The number of halogens is 4. The molecule has 0 unspecified atom stereocenters. The molecule has 0 amide bonds. The summed E-state index contributed by atoms with van der Waals surface area (Å²) in [5, 5.41) is 7.08. The second-order valence-corrected chi connectivity index (χ2v) is 6.84. The fourth-order valence-corrected chi connectivity index (χ4v) is 3.27. The fourth-order valence-electron chi connectivity index (χ4n) is 3.27. The first kappa shape index (κ1) is 24.2. The topological polar surface area (TPSA) is 69.8 Å². The highest BCUT2D eigenvalue weighted by atomic mass is 127. The fraction of sp³-hybridized carbons (Fsp3) is 0.526. The molecule has 30 heavy (non-hydrogen) atoms. The SMILES string of the molecule is CN=C(NCCCc1nc(C)no1)N1CCN(c2cccc(C(F)(F)F)c2)CC1.I. The largest absolute Gasteiger partial charge is 0.416 e. The Morgan fingerprint density at radius 1 is 1.23 bits per heavy atom. The number of nitrogens with one attached hydrogen (secondary N) is 1. The minimum atomic E-state index is -4.33. The van der Waals surface area contributed by atoms with Gasteiger partial charge in [0.15, 0.2) is 11.8 Å². The van der Waals surface area contributed by atoms with Gasteiger partial charge in [-0.1, -0.05) is 11.2 Å². The standard InChI is InChI=1S/C19H25F3N6O.HI/c1-14-25-17(29-26-14)7-4-8-24-18(23-2)28-11-9-27(10-12-28)16-6-3-5-15(13-16)19(20,21)22;/h3,5-6,13H,4,7-12H2,1-2H3,(H,23,24);1H. The second-order valence-electron chi connectivity index (χ2n) is 6.84. The summed E-state index contributed by atoms with van der Waals surface area (Å²) in [6, 6.07) is 5.48. The van der Waals surface area contributed by atoms with Crippen molar-refractivity contribution in [3.05, 3.63) is 41.5 Å². The number of rotatable bonds is 5. The monoisotopic (exact) mass is 538 g/mol. The maximum Gasteiger partial charge on any atom is 0.416 e. The third kappa shape index (κ3) is 6.47. The Bertz CT molecular complexity index is 834. The molecule has 1 aromatic carbocycles. The van der Waals surface area contributed by atoms with E-state index in [4.69, 9.17) is 4.52 Å². The molecule has 0 radical (unpaired) electrons. The van der Waals surface area contributed by atoms with Crippen molar-refractivity contribution in [3.8, 4) is 0 Å². The lowest BCUT2D eigenvalue weighted by atomic mass is 10.1. The van der Waals surface area contributed by atoms with Crippen molar-refractivity contribution >= 4 is 35.6 Å². The van der Waals surface area contributed by atoms with E-state index in [1.807, 2.05) is 4.90 Å². The molecule has 1 N–H and O–H groups in total. The van der Waals surface area contributed by atoms with Crippen LogP contribution in [-0.2, 0) is 12.6 Å². The van der Waals surface area contributed by atoms with Gasteiger partial charge in [-0.15, -0.1) is 24.0 Å². The maximum absolute atomic E-state index is 12.9. The predicted octanol–water partition coefficient (Wildman–Crippen LogP) is 3.35. The molecule has 11 heteroatoms. The molecule has 2 heterocycles. The van der Waals surface area contributed by atoms with Crippen LogP contribution in [0.2, 0.25) is 0 Å². The van der Waals surface area contributed by atoms with Crippen LogP contribution in [-0.4, -0.2) is 60.8 Å². The molecule has 2 aromatic rings. The molecule has 0 spiro atoms. The summed E-state index contributed by atoms with van der Waals surface area (Å²) in [7, 11) is 1.73. The Morgan fingerprint density at radius 3 is 2.57 bits per heavy atom. The van der Waals surface area contributed by atoms with Crippen molar-refractivity contribution in [3.63, 3.8) is 0 Å². The Balaban J connectivity index is 0.00000320. The van der Waals surface area contributed by atoms with Crippen LogP contribution in [0.4, 0.5) is 18.9 Å². The molecule has 166 valence electrons. The van der Waals surface area contributed by atoms with E-state index >= 15 is 0 Å². The lowest BCUT2D eigenvalue weighted by Gasteiger charge is -2.37. The summed E-state index contributed by atoms with van der Waals surface area (Å²) >= 11 is 0. The molecule has 0 atom stereocenters. The van der Waals surface area contributed by atoms with Crippen molar-refractivity contribution in [1.29, 1.82) is 0 Å². The molecule has 1 aliphatic rings.